The van der Waals surface area contributed by atoms with Crippen molar-refractivity contribution in [2.24, 2.45) is 0 Å². The predicted molar refractivity (Wildman–Crippen MR) is 81.0 cm³/mol. The molecular formula is C10H4Cl4O3S2. The molecule has 102 valence electrons. The van der Waals surface area contributed by atoms with Gasteiger partial charge < -0.3 is 5.11 Å². The Morgan fingerprint density at radius 1 is 1.05 bits per heavy atom. The molecule has 0 amide bonds. The van der Waals surface area contributed by atoms with Crippen LogP contribution in [0.15, 0.2) is 10.8 Å². The van der Waals surface area contributed by atoms with E-state index in [1.54, 1.807) is 5.38 Å². The van der Waals surface area contributed by atoms with Crippen LogP contribution >= 0.6 is 69.1 Å². The van der Waals surface area contributed by atoms with Gasteiger partial charge in [0.2, 0.25) is 0 Å². The Balaban J connectivity index is 0.000000191. The number of aromatic carboxylic acids is 1. The van der Waals surface area contributed by atoms with E-state index in [1.165, 1.54) is 16.7 Å². The summed E-state index contributed by atoms with van der Waals surface area (Å²) in [5, 5.41) is 12.0. The van der Waals surface area contributed by atoms with Crippen molar-refractivity contribution in [1.29, 1.82) is 0 Å². The minimum atomic E-state index is -1.05. The Labute approximate surface area is 136 Å². The van der Waals surface area contributed by atoms with E-state index < -0.39 is 5.97 Å². The van der Waals surface area contributed by atoms with Crippen molar-refractivity contribution in [3.63, 3.8) is 0 Å². The first-order valence-corrected chi connectivity index (χ1v) is 7.69. The Bertz CT molecular complexity index is 606. The van der Waals surface area contributed by atoms with Gasteiger partial charge in [-0.25, -0.2) is 4.79 Å². The zero-order valence-corrected chi connectivity index (χ0v) is 13.5. The summed E-state index contributed by atoms with van der Waals surface area (Å²) in [7, 11) is 0. The molecule has 0 spiro atoms. The highest BCUT2D eigenvalue weighted by Crippen LogP contribution is 2.32. The minimum absolute atomic E-state index is 0.0664. The molecular weight excluding hydrogens is 374 g/mol. The molecule has 2 aromatic rings. The number of carbonyl (C=O) groups excluding carboxylic acids is 1. The number of hydrogen-bond acceptors (Lipinski definition) is 4. The van der Waals surface area contributed by atoms with E-state index in [4.69, 9.17) is 51.5 Å². The topological polar surface area (TPSA) is 54.4 Å². The van der Waals surface area contributed by atoms with Gasteiger partial charge in [0.1, 0.15) is 8.67 Å². The molecule has 0 aliphatic carbocycles. The van der Waals surface area contributed by atoms with Gasteiger partial charge in [0.05, 0.1) is 15.6 Å². The van der Waals surface area contributed by atoms with E-state index in [0.717, 1.165) is 11.3 Å². The molecule has 0 radical (unpaired) electrons. The highest BCUT2D eigenvalue weighted by molar-refractivity contribution is 7.15. The molecule has 0 unspecified atom stereocenters. The lowest BCUT2D eigenvalue weighted by Crippen LogP contribution is -1.92. The van der Waals surface area contributed by atoms with Crippen LogP contribution in [0, 0.1) is 0 Å². The van der Waals surface area contributed by atoms with Crippen molar-refractivity contribution in [3.05, 3.63) is 40.6 Å². The highest BCUT2D eigenvalue weighted by atomic mass is 35.5. The summed E-state index contributed by atoms with van der Waals surface area (Å²) in [6, 6.07) is 0. The lowest BCUT2D eigenvalue weighted by molar-refractivity contribution is 0.0697. The normalized spacial score (nSPS) is 9.68. The van der Waals surface area contributed by atoms with Crippen LogP contribution in [0.3, 0.4) is 0 Å². The van der Waals surface area contributed by atoms with Crippen molar-refractivity contribution in [2.45, 2.75) is 0 Å². The van der Waals surface area contributed by atoms with Crippen LogP contribution in [-0.4, -0.2) is 17.4 Å². The number of hydrogen-bond donors (Lipinski definition) is 1. The summed E-state index contributed by atoms with van der Waals surface area (Å²) < 4.78 is 0.790. The minimum Gasteiger partial charge on any atom is -0.478 e. The number of carboxylic acids is 1. The molecule has 0 fully saturated rings. The zero-order valence-electron chi connectivity index (χ0n) is 8.82. The second-order valence-electron chi connectivity index (χ2n) is 2.94. The van der Waals surface area contributed by atoms with Crippen LogP contribution in [0.1, 0.15) is 20.7 Å². The number of carboxylic acid groups (broad SMARTS) is 1. The molecule has 0 aromatic carbocycles. The average molecular weight is 378 g/mol. The number of thiophene rings is 2. The first kappa shape index (κ1) is 16.8. The van der Waals surface area contributed by atoms with Crippen molar-refractivity contribution < 1.29 is 14.7 Å². The second kappa shape index (κ2) is 7.47. The van der Waals surface area contributed by atoms with Crippen LogP contribution in [0.5, 0.6) is 0 Å². The van der Waals surface area contributed by atoms with Crippen LogP contribution in [0.25, 0.3) is 0 Å². The predicted octanol–water partition coefficient (Wildman–Crippen LogP) is 5.62. The summed E-state index contributed by atoms with van der Waals surface area (Å²) in [6.45, 7) is 0. The summed E-state index contributed by atoms with van der Waals surface area (Å²) in [5.41, 5.74) is 0.531. The van der Waals surface area contributed by atoms with Crippen LogP contribution in [0.4, 0.5) is 0 Å². The Kier molecular flexibility index (Phi) is 6.59. The maximum atomic E-state index is 10.3. The maximum Gasteiger partial charge on any atom is 0.338 e. The molecule has 1 N–H and O–H groups in total. The average Bonchev–Trinajstić information content (AvgIpc) is 2.86. The zero-order chi connectivity index (χ0) is 14.6. The van der Waals surface area contributed by atoms with Gasteiger partial charge in [-0.15, -0.1) is 22.7 Å². The first-order chi connectivity index (χ1) is 8.88. The van der Waals surface area contributed by atoms with E-state index in [-0.39, 0.29) is 10.6 Å². The number of rotatable bonds is 2. The number of halogens is 4. The largest absolute Gasteiger partial charge is 0.478 e. The molecule has 0 saturated carbocycles. The van der Waals surface area contributed by atoms with E-state index in [2.05, 4.69) is 0 Å². The van der Waals surface area contributed by atoms with E-state index in [1.807, 2.05) is 0 Å². The van der Waals surface area contributed by atoms with Gasteiger partial charge >= 0.3 is 5.97 Å². The van der Waals surface area contributed by atoms with Gasteiger partial charge in [-0.2, -0.15) is 0 Å². The SMILES string of the molecule is O=C(O)c1csc(Cl)c1Cl.O=Cc1csc(Cl)c1Cl. The standard InChI is InChI=1S/C5H2Cl2O2S.C5H2Cl2OS/c6-3-2(5(8)9)1-10-4(3)7;6-4-3(1-8)2-9-5(4)7/h1H,(H,8,9);1-2H. The van der Waals surface area contributed by atoms with Gasteiger partial charge in [-0.3, -0.25) is 4.79 Å². The first-order valence-electron chi connectivity index (χ1n) is 4.42. The lowest BCUT2D eigenvalue weighted by Gasteiger charge is -1.86. The fourth-order valence-electron chi connectivity index (χ4n) is 0.876. The molecule has 3 nitrogen and oxygen atoms in total. The summed E-state index contributed by atoms with van der Waals surface area (Å²) >= 11 is 24.5. The Morgan fingerprint density at radius 2 is 1.58 bits per heavy atom. The summed E-state index contributed by atoms with van der Waals surface area (Å²) in [4.78, 5) is 20.4. The number of aldehydes is 1. The fraction of sp³-hybridized carbons (Fsp3) is 0. The third kappa shape index (κ3) is 4.34. The second-order valence-corrected chi connectivity index (χ2v) is 6.66. The van der Waals surface area contributed by atoms with Crippen molar-refractivity contribution in [3.8, 4) is 0 Å². The Hall–Kier alpha value is -0.300. The quantitative estimate of drug-likeness (QED) is 0.691. The van der Waals surface area contributed by atoms with Crippen molar-refractivity contribution in [2.75, 3.05) is 0 Å². The molecule has 0 aliphatic heterocycles. The van der Waals surface area contributed by atoms with Crippen LogP contribution < -0.4 is 0 Å². The molecule has 0 saturated heterocycles. The Morgan fingerprint density at radius 3 is 1.79 bits per heavy atom. The molecule has 19 heavy (non-hydrogen) atoms. The van der Waals surface area contributed by atoms with Crippen molar-refractivity contribution in [1.82, 2.24) is 0 Å². The van der Waals surface area contributed by atoms with E-state index in [0.29, 0.717) is 25.5 Å². The fourth-order valence-corrected chi connectivity index (χ4v) is 3.26. The molecule has 0 bridgehead atoms. The van der Waals surface area contributed by atoms with Crippen LogP contribution in [0.2, 0.25) is 18.7 Å². The molecule has 2 aromatic heterocycles. The third-order valence-corrected chi connectivity index (χ3v) is 5.44. The molecule has 0 aliphatic rings. The molecule has 9 heteroatoms. The molecule has 0 atom stereocenters. The number of carbonyl (C=O) groups is 2. The molecule has 2 rings (SSSR count). The molecule has 2 heterocycles. The summed E-state index contributed by atoms with van der Waals surface area (Å²) in [6.07, 6.45) is 0.685. The highest BCUT2D eigenvalue weighted by Gasteiger charge is 2.12. The van der Waals surface area contributed by atoms with E-state index >= 15 is 0 Å². The van der Waals surface area contributed by atoms with Gasteiger partial charge in [-0.05, 0) is 0 Å². The van der Waals surface area contributed by atoms with Crippen molar-refractivity contribution >= 4 is 81.3 Å². The van der Waals surface area contributed by atoms with Gasteiger partial charge in [-0.1, -0.05) is 46.4 Å². The van der Waals surface area contributed by atoms with Gasteiger partial charge in [0, 0.05) is 16.3 Å². The lowest BCUT2D eigenvalue weighted by atomic mass is 10.3. The monoisotopic (exact) mass is 376 g/mol. The van der Waals surface area contributed by atoms with Crippen LogP contribution in [-0.2, 0) is 0 Å². The smallest absolute Gasteiger partial charge is 0.338 e. The van der Waals surface area contributed by atoms with E-state index in [9.17, 15) is 9.59 Å². The summed E-state index contributed by atoms with van der Waals surface area (Å²) in [5.74, 6) is -1.05. The maximum absolute atomic E-state index is 10.3. The third-order valence-electron chi connectivity index (χ3n) is 1.76. The van der Waals surface area contributed by atoms with Gasteiger partial charge in [0.25, 0.3) is 0 Å². The van der Waals surface area contributed by atoms with Gasteiger partial charge in [0.15, 0.2) is 6.29 Å².